The van der Waals surface area contributed by atoms with E-state index >= 15 is 0 Å². The summed E-state index contributed by atoms with van der Waals surface area (Å²) in [6.45, 7) is 0. The summed E-state index contributed by atoms with van der Waals surface area (Å²) in [5, 5.41) is 10.8. The standard InChI is InChI=1S/C11H7BrN4O3S2/c12-10-5-6-11(20-10)21(17,18)19-9-3-1-8(2-4-9)16-7-13-14-15-16/h1-7H. The van der Waals surface area contributed by atoms with Gasteiger partial charge < -0.3 is 4.18 Å². The molecule has 2 aromatic heterocycles. The molecule has 0 bridgehead atoms. The Morgan fingerprint density at radius 2 is 1.90 bits per heavy atom. The minimum absolute atomic E-state index is 0.138. The van der Waals surface area contributed by atoms with Crippen molar-refractivity contribution in [3.8, 4) is 11.4 Å². The second-order valence-electron chi connectivity index (χ2n) is 3.84. The molecule has 0 aliphatic rings. The lowest BCUT2D eigenvalue weighted by Gasteiger charge is -2.05. The molecule has 3 rings (SSSR count). The molecule has 0 aliphatic heterocycles. The van der Waals surface area contributed by atoms with Gasteiger partial charge in [0.05, 0.1) is 9.47 Å². The molecule has 0 aliphatic carbocycles. The van der Waals surface area contributed by atoms with Crippen LogP contribution in [0.25, 0.3) is 5.69 Å². The van der Waals surface area contributed by atoms with Crippen LogP contribution in [0.15, 0.2) is 50.7 Å². The van der Waals surface area contributed by atoms with Crippen molar-refractivity contribution in [1.29, 1.82) is 0 Å². The quantitative estimate of drug-likeness (QED) is 0.639. The summed E-state index contributed by atoms with van der Waals surface area (Å²) in [7, 11) is -3.82. The first kappa shape index (κ1) is 14.2. The second-order valence-corrected chi connectivity index (χ2v) is 8.08. The summed E-state index contributed by atoms with van der Waals surface area (Å²) >= 11 is 4.31. The molecular weight excluding hydrogens is 380 g/mol. The van der Waals surface area contributed by atoms with E-state index in [1.165, 1.54) is 29.2 Å². The average Bonchev–Trinajstić information content (AvgIpc) is 3.10. The summed E-state index contributed by atoms with van der Waals surface area (Å²) in [6.07, 6.45) is 1.44. The first-order chi connectivity index (χ1) is 10.0. The van der Waals surface area contributed by atoms with Crippen LogP contribution in [0.1, 0.15) is 0 Å². The van der Waals surface area contributed by atoms with Gasteiger partial charge in [-0.2, -0.15) is 8.42 Å². The zero-order chi connectivity index (χ0) is 14.9. The third-order valence-corrected chi connectivity index (χ3v) is 5.77. The summed E-state index contributed by atoms with van der Waals surface area (Å²) in [5.41, 5.74) is 0.698. The molecule has 0 unspecified atom stereocenters. The number of hydrogen-bond donors (Lipinski definition) is 0. The Balaban J connectivity index is 1.82. The zero-order valence-electron chi connectivity index (χ0n) is 10.2. The van der Waals surface area contributed by atoms with Gasteiger partial charge in [0.2, 0.25) is 0 Å². The number of benzene rings is 1. The normalized spacial score (nSPS) is 11.5. The summed E-state index contributed by atoms with van der Waals surface area (Å²) in [5.74, 6) is 0.219. The van der Waals surface area contributed by atoms with Crippen molar-refractivity contribution in [2.45, 2.75) is 4.21 Å². The van der Waals surface area contributed by atoms with E-state index < -0.39 is 10.1 Å². The number of nitrogens with zero attached hydrogens (tertiary/aromatic N) is 4. The Bertz CT molecular complexity index is 844. The molecule has 3 aromatic rings. The number of thiophene rings is 1. The van der Waals surface area contributed by atoms with Gasteiger partial charge in [0.1, 0.15) is 12.1 Å². The zero-order valence-corrected chi connectivity index (χ0v) is 13.5. The molecule has 0 N–H and O–H groups in total. The molecule has 0 spiro atoms. The predicted molar refractivity (Wildman–Crippen MR) is 79.0 cm³/mol. The smallest absolute Gasteiger partial charge is 0.348 e. The molecule has 0 amide bonds. The van der Waals surface area contributed by atoms with Crippen LogP contribution in [0.2, 0.25) is 0 Å². The van der Waals surface area contributed by atoms with E-state index in [1.54, 1.807) is 18.2 Å². The molecule has 0 saturated carbocycles. The van der Waals surface area contributed by atoms with Gasteiger partial charge in [0.25, 0.3) is 0 Å². The molecule has 21 heavy (non-hydrogen) atoms. The molecule has 1 aromatic carbocycles. The fraction of sp³-hybridized carbons (Fsp3) is 0. The van der Waals surface area contributed by atoms with Crippen LogP contribution in [0.4, 0.5) is 0 Å². The van der Waals surface area contributed by atoms with Gasteiger partial charge >= 0.3 is 10.1 Å². The molecule has 108 valence electrons. The Labute approximate surface area is 132 Å². The lowest BCUT2D eigenvalue weighted by Crippen LogP contribution is -2.08. The number of hydrogen-bond acceptors (Lipinski definition) is 7. The topological polar surface area (TPSA) is 87.0 Å². The van der Waals surface area contributed by atoms with Gasteiger partial charge in [0.15, 0.2) is 4.21 Å². The molecule has 0 saturated heterocycles. The van der Waals surface area contributed by atoms with Crippen molar-refractivity contribution in [2.24, 2.45) is 0 Å². The van der Waals surface area contributed by atoms with Gasteiger partial charge in [-0.25, -0.2) is 4.68 Å². The Morgan fingerprint density at radius 3 is 2.48 bits per heavy atom. The number of halogens is 1. The fourth-order valence-corrected chi connectivity index (χ4v) is 4.44. The number of aromatic nitrogens is 4. The molecule has 0 fully saturated rings. The van der Waals surface area contributed by atoms with Crippen molar-refractivity contribution in [3.63, 3.8) is 0 Å². The summed E-state index contributed by atoms with van der Waals surface area (Å²) < 4.78 is 31.5. The van der Waals surface area contributed by atoms with Crippen LogP contribution < -0.4 is 4.18 Å². The van der Waals surface area contributed by atoms with Crippen LogP contribution in [-0.4, -0.2) is 28.6 Å². The van der Waals surface area contributed by atoms with Crippen molar-refractivity contribution in [3.05, 3.63) is 46.5 Å². The Kier molecular flexibility index (Phi) is 3.74. The number of tetrazole rings is 1. The highest BCUT2D eigenvalue weighted by molar-refractivity contribution is 9.11. The van der Waals surface area contributed by atoms with Gasteiger partial charge in [-0.3, -0.25) is 0 Å². The van der Waals surface area contributed by atoms with Crippen LogP contribution in [-0.2, 0) is 10.1 Å². The lowest BCUT2D eigenvalue weighted by molar-refractivity contribution is 0.488. The van der Waals surface area contributed by atoms with Crippen LogP contribution in [0, 0.1) is 0 Å². The van der Waals surface area contributed by atoms with Gasteiger partial charge in [-0.15, -0.1) is 16.4 Å². The maximum absolute atomic E-state index is 12.1. The molecule has 0 atom stereocenters. The van der Waals surface area contributed by atoms with E-state index in [4.69, 9.17) is 4.18 Å². The minimum atomic E-state index is -3.82. The van der Waals surface area contributed by atoms with E-state index in [0.717, 1.165) is 15.1 Å². The third-order valence-electron chi connectivity index (χ3n) is 2.45. The van der Waals surface area contributed by atoms with Crippen molar-refractivity contribution >= 4 is 37.4 Å². The number of rotatable bonds is 4. The third kappa shape index (κ3) is 3.12. The lowest BCUT2D eigenvalue weighted by atomic mass is 10.3. The highest BCUT2D eigenvalue weighted by atomic mass is 79.9. The molecule has 2 heterocycles. The minimum Gasteiger partial charge on any atom is -0.378 e. The van der Waals surface area contributed by atoms with Crippen molar-refractivity contribution in [1.82, 2.24) is 20.2 Å². The highest BCUT2D eigenvalue weighted by Gasteiger charge is 2.19. The van der Waals surface area contributed by atoms with Crippen LogP contribution in [0.5, 0.6) is 5.75 Å². The largest absolute Gasteiger partial charge is 0.378 e. The first-order valence-electron chi connectivity index (χ1n) is 5.58. The van der Waals surface area contributed by atoms with Crippen molar-refractivity contribution in [2.75, 3.05) is 0 Å². The fourth-order valence-electron chi connectivity index (χ4n) is 1.53. The van der Waals surface area contributed by atoms with E-state index in [1.807, 2.05) is 0 Å². The second kappa shape index (κ2) is 5.54. The maximum atomic E-state index is 12.1. The van der Waals surface area contributed by atoms with Gasteiger partial charge in [-0.05, 0) is 62.8 Å². The monoisotopic (exact) mass is 386 g/mol. The van der Waals surface area contributed by atoms with Gasteiger partial charge in [0, 0.05) is 0 Å². The summed E-state index contributed by atoms with van der Waals surface area (Å²) in [6, 6.07) is 9.53. The molecule has 0 radical (unpaired) electrons. The maximum Gasteiger partial charge on any atom is 0.348 e. The Hall–Kier alpha value is -1.78. The average molecular weight is 387 g/mol. The van der Waals surface area contributed by atoms with E-state index in [9.17, 15) is 8.42 Å². The molecule has 10 heteroatoms. The Morgan fingerprint density at radius 1 is 1.14 bits per heavy atom. The SMILES string of the molecule is O=S(=O)(Oc1ccc(-n2cnnn2)cc1)c1ccc(Br)s1. The van der Waals surface area contributed by atoms with E-state index in [-0.39, 0.29) is 9.96 Å². The highest BCUT2D eigenvalue weighted by Crippen LogP contribution is 2.28. The predicted octanol–water partition coefficient (Wildman–Crippen LogP) is 2.25. The first-order valence-corrected chi connectivity index (χ1v) is 8.60. The van der Waals surface area contributed by atoms with Crippen LogP contribution in [0.3, 0.4) is 0 Å². The van der Waals surface area contributed by atoms with E-state index in [0.29, 0.717) is 5.69 Å². The van der Waals surface area contributed by atoms with Crippen LogP contribution >= 0.6 is 27.3 Å². The van der Waals surface area contributed by atoms with E-state index in [2.05, 4.69) is 31.5 Å². The molecular formula is C11H7BrN4O3S2. The summed E-state index contributed by atoms with van der Waals surface area (Å²) in [4.78, 5) is 0. The van der Waals surface area contributed by atoms with Crippen molar-refractivity contribution < 1.29 is 12.6 Å². The van der Waals surface area contributed by atoms with Gasteiger partial charge in [-0.1, -0.05) is 0 Å². The molecule has 7 nitrogen and oxygen atoms in total.